The summed E-state index contributed by atoms with van der Waals surface area (Å²) in [7, 11) is 0. The molecule has 0 radical (unpaired) electrons. The number of hydrogen-bond acceptors (Lipinski definition) is 3. The predicted octanol–water partition coefficient (Wildman–Crippen LogP) is 3.78. The molecule has 0 spiro atoms. The molecule has 0 amide bonds. The third kappa shape index (κ3) is 1.89. The second-order valence-electron chi connectivity index (χ2n) is 8.08. The number of Topliss-reactive ketones (excluding diaryl/α,β-unsaturated/α-hetero) is 1. The van der Waals surface area contributed by atoms with E-state index in [4.69, 9.17) is 6.57 Å². The average molecular weight is 320 g/mol. The quantitative estimate of drug-likeness (QED) is 0.638. The molecular formula is C20H20N2O2. The van der Waals surface area contributed by atoms with Crippen LogP contribution in [0.2, 0.25) is 0 Å². The number of fused-ring (bicyclic) bond motifs is 3. The van der Waals surface area contributed by atoms with Crippen LogP contribution in [0.1, 0.15) is 40.5 Å². The topological polar surface area (TPSA) is 62.3 Å². The van der Waals surface area contributed by atoms with Crippen LogP contribution < -0.4 is 0 Å². The highest BCUT2D eigenvalue weighted by Crippen LogP contribution is 2.63. The Labute approximate surface area is 142 Å². The summed E-state index contributed by atoms with van der Waals surface area (Å²) in [5.41, 5.74) is -0.289. The fourth-order valence-electron chi connectivity index (χ4n) is 5.05. The molecule has 0 aromatic heterocycles. The third-order valence-electron chi connectivity index (χ3n) is 6.24. The van der Waals surface area contributed by atoms with Crippen molar-refractivity contribution < 1.29 is 9.59 Å². The van der Waals surface area contributed by atoms with Gasteiger partial charge < -0.3 is 4.79 Å². The average Bonchev–Trinajstić information content (AvgIpc) is 2.52. The standard InChI is InChI=1S/C20H20N2O2/c1-18(2)15-6-7-19(3)9-12(11-21)14(23)8-16(19)20(15,4)10-13(22-5)17(18)24/h8-10,15H,6-7H2,1-4H3/t15?,19-,20-/m1/s1. The summed E-state index contributed by atoms with van der Waals surface area (Å²) in [6.45, 7) is 15.2. The summed E-state index contributed by atoms with van der Waals surface area (Å²) in [5, 5.41) is 9.20. The van der Waals surface area contributed by atoms with E-state index >= 15 is 0 Å². The molecule has 1 unspecified atom stereocenters. The molecule has 3 rings (SSSR count). The first kappa shape index (κ1) is 16.4. The van der Waals surface area contributed by atoms with Gasteiger partial charge in [-0.1, -0.05) is 39.8 Å². The number of rotatable bonds is 0. The molecule has 0 saturated heterocycles. The van der Waals surface area contributed by atoms with Gasteiger partial charge in [-0.3, -0.25) is 4.79 Å². The normalized spacial score (nSPS) is 37.1. The molecule has 4 heteroatoms. The second-order valence-corrected chi connectivity index (χ2v) is 8.08. The molecule has 4 nitrogen and oxygen atoms in total. The number of carbonyl (C=O) groups excluding carboxylic acids is 2. The molecule has 3 atom stereocenters. The smallest absolute Gasteiger partial charge is 0.226 e. The van der Waals surface area contributed by atoms with Gasteiger partial charge in [-0.2, -0.15) is 5.26 Å². The van der Waals surface area contributed by atoms with Crippen molar-refractivity contribution in [3.63, 3.8) is 0 Å². The van der Waals surface area contributed by atoms with Crippen LogP contribution in [0.3, 0.4) is 0 Å². The van der Waals surface area contributed by atoms with Gasteiger partial charge in [0.15, 0.2) is 11.6 Å². The Morgan fingerprint density at radius 2 is 1.92 bits per heavy atom. The van der Waals surface area contributed by atoms with Crippen LogP contribution in [0.4, 0.5) is 0 Å². The number of hydrogen-bond donors (Lipinski definition) is 0. The number of nitriles is 1. The fraction of sp³-hybridized carbons (Fsp3) is 0.500. The minimum atomic E-state index is -0.645. The van der Waals surface area contributed by atoms with E-state index in [2.05, 4.69) is 4.85 Å². The highest BCUT2D eigenvalue weighted by atomic mass is 16.1. The SMILES string of the molecule is [C-]#[N+]C1=C[C@@]2(C)C3=CC(=O)C(C#N)=C[C@@]3(C)CCC2C(C)(C)C1=O. The maximum atomic E-state index is 12.7. The van der Waals surface area contributed by atoms with Crippen molar-refractivity contribution in [3.05, 3.63) is 46.5 Å². The first-order valence-electron chi connectivity index (χ1n) is 8.15. The van der Waals surface area contributed by atoms with E-state index in [0.717, 1.165) is 18.4 Å². The van der Waals surface area contributed by atoms with Gasteiger partial charge in [0.2, 0.25) is 5.70 Å². The summed E-state index contributed by atoms with van der Waals surface area (Å²) in [5.74, 6) is -0.356. The molecule has 0 aliphatic heterocycles. The Bertz CT molecular complexity index is 844. The number of allylic oxidation sites excluding steroid dienone is 6. The number of nitrogens with zero attached hydrogens (tertiary/aromatic N) is 2. The molecule has 1 saturated carbocycles. The monoisotopic (exact) mass is 320 g/mol. The van der Waals surface area contributed by atoms with E-state index < -0.39 is 10.8 Å². The Kier molecular flexibility index (Phi) is 3.26. The lowest BCUT2D eigenvalue weighted by Crippen LogP contribution is -2.53. The van der Waals surface area contributed by atoms with Gasteiger partial charge >= 0.3 is 0 Å². The molecule has 1 fully saturated rings. The van der Waals surface area contributed by atoms with Crippen LogP contribution in [-0.4, -0.2) is 11.6 Å². The van der Waals surface area contributed by atoms with Gasteiger partial charge in [0.1, 0.15) is 6.07 Å². The minimum absolute atomic E-state index is 0.0344. The van der Waals surface area contributed by atoms with Crippen molar-refractivity contribution in [2.45, 2.75) is 40.5 Å². The van der Waals surface area contributed by atoms with Crippen LogP contribution >= 0.6 is 0 Å². The molecule has 3 aliphatic carbocycles. The van der Waals surface area contributed by atoms with E-state index in [1.165, 1.54) is 0 Å². The van der Waals surface area contributed by atoms with Gasteiger partial charge in [0.05, 0.1) is 12.1 Å². The zero-order valence-electron chi connectivity index (χ0n) is 14.4. The Morgan fingerprint density at radius 1 is 1.25 bits per heavy atom. The summed E-state index contributed by atoms with van der Waals surface area (Å²) in [4.78, 5) is 28.4. The third-order valence-corrected chi connectivity index (χ3v) is 6.24. The molecular weight excluding hydrogens is 300 g/mol. The van der Waals surface area contributed by atoms with Crippen molar-refractivity contribution in [1.82, 2.24) is 0 Å². The minimum Gasteiger partial charge on any atom is -0.307 e. The first-order chi connectivity index (χ1) is 11.1. The van der Waals surface area contributed by atoms with Gasteiger partial charge in [-0.05, 0) is 30.4 Å². The van der Waals surface area contributed by atoms with E-state index in [1.807, 2.05) is 33.8 Å². The van der Waals surface area contributed by atoms with Crippen molar-refractivity contribution in [2.24, 2.45) is 22.2 Å². The lowest BCUT2D eigenvalue weighted by molar-refractivity contribution is -0.130. The van der Waals surface area contributed by atoms with E-state index in [-0.39, 0.29) is 34.2 Å². The Hall–Kier alpha value is -2.46. The molecule has 24 heavy (non-hydrogen) atoms. The van der Waals surface area contributed by atoms with Crippen molar-refractivity contribution in [1.29, 1.82) is 5.26 Å². The maximum absolute atomic E-state index is 12.7. The first-order valence-corrected chi connectivity index (χ1v) is 8.15. The Morgan fingerprint density at radius 3 is 2.50 bits per heavy atom. The lowest BCUT2D eigenvalue weighted by atomic mass is 9.46. The summed E-state index contributed by atoms with van der Waals surface area (Å²) >= 11 is 0. The van der Waals surface area contributed by atoms with Crippen molar-refractivity contribution >= 4 is 11.6 Å². The zero-order valence-corrected chi connectivity index (χ0v) is 14.4. The van der Waals surface area contributed by atoms with E-state index in [0.29, 0.717) is 0 Å². The highest BCUT2D eigenvalue weighted by molar-refractivity contribution is 6.09. The van der Waals surface area contributed by atoms with Gasteiger partial charge in [0, 0.05) is 16.2 Å². The van der Waals surface area contributed by atoms with Crippen LogP contribution in [0.5, 0.6) is 0 Å². The van der Waals surface area contributed by atoms with Crippen LogP contribution in [-0.2, 0) is 9.59 Å². The second kappa shape index (κ2) is 4.77. The Balaban J connectivity index is 2.26. The summed E-state index contributed by atoms with van der Waals surface area (Å²) in [6, 6.07) is 1.99. The molecule has 0 aromatic carbocycles. The van der Waals surface area contributed by atoms with Gasteiger partial charge in [-0.25, -0.2) is 4.85 Å². The van der Waals surface area contributed by atoms with Crippen LogP contribution in [0.15, 0.2) is 35.1 Å². The zero-order chi connectivity index (χ0) is 17.9. The number of carbonyl (C=O) groups is 2. The van der Waals surface area contributed by atoms with E-state index in [1.54, 1.807) is 18.2 Å². The van der Waals surface area contributed by atoms with E-state index in [9.17, 15) is 14.9 Å². The lowest BCUT2D eigenvalue weighted by Gasteiger charge is -2.57. The highest BCUT2D eigenvalue weighted by Gasteiger charge is 2.58. The molecule has 0 aromatic rings. The van der Waals surface area contributed by atoms with Gasteiger partial charge in [-0.15, -0.1) is 0 Å². The molecule has 0 heterocycles. The van der Waals surface area contributed by atoms with Crippen LogP contribution in [0, 0.1) is 40.1 Å². The van der Waals surface area contributed by atoms with Gasteiger partial charge in [0.25, 0.3) is 0 Å². The molecule has 0 N–H and O–H groups in total. The van der Waals surface area contributed by atoms with Crippen molar-refractivity contribution in [2.75, 3.05) is 0 Å². The molecule has 0 bridgehead atoms. The van der Waals surface area contributed by atoms with Crippen LogP contribution in [0.25, 0.3) is 4.85 Å². The maximum Gasteiger partial charge on any atom is 0.226 e. The largest absolute Gasteiger partial charge is 0.307 e. The fourth-order valence-corrected chi connectivity index (χ4v) is 5.05. The molecule has 3 aliphatic rings. The molecule has 122 valence electrons. The van der Waals surface area contributed by atoms with Crippen molar-refractivity contribution in [3.8, 4) is 6.07 Å². The number of ketones is 2. The predicted molar refractivity (Wildman–Crippen MR) is 89.2 cm³/mol. The summed E-state index contributed by atoms with van der Waals surface area (Å²) < 4.78 is 0. The summed E-state index contributed by atoms with van der Waals surface area (Å²) in [6.07, 6.45) is 6.72.